The molecule has 0 spiro atoms. The number of carbonyl (C=O) groups excluding carboxylic acids is 1. The van der Waals surface area contributed by atoms with Crippen molar-refractivity contribution in [2.24, 2.45) is 0 Å². The second kappa shape index (κ2) is 6.70. The molecule has 0 atom stereocenters. The fraction of sp³-hybridized carbons (Fsp3) is 0.364. The number of hydrogen-bond acceptors (Lipinski definition) is 4. The van der Waals surface area contributed by atoms with E-state index in [-0.39, 0.29) is 21.3 Å². The molecule has 0 fully saturated rings. The van der Waals surface area contributed by atoms with Gasteiger partial charge in [0.1, 0.15) is 0 Å². The van der Waals surface area contributed by atoms with Gasteiger partial charge in [-0.3, -0.25) is 14.9 Å². The Morgan fingerprint density at radius 2 is 2.11 bits per heavy atom. The Labute approximate surface area is 120 Å². The number of nitro groups is 1. The Kier molecular flexibility index (Phi) is 5.53. The van der Waals surface area contributed by atoms with Crippen LogP contribution >= 0.6 is 23.2 Å². The zero-order valence-corrected chi connectivity index (χ0v) is 12.0. The largest absolute Gasteiger partial charge is 0.340 e. The van der Waals surface area contributed by atoms with E-state index in [0.29, 0.717) is 13.1 Å². The molecule has 6 nitrogen and oxygen atoms in total. The average molecular weight is 306 g/mol. The maximum absolute atomic E-state index is 12.1. The maximum atomic E-state index is 12.1. The maximum Gasteiger partial charge on any atom is 0.271 e. The number of amides is 1. The molecule has 0 saturated heterocycles. The van der Waals surface area contributed by atoms with E-state index in [4.69, 9.17) is 23.2 Å². The third kappa shape index (κ3) is 3.79. The molecule has 8 heteroatoms. The summed E-state index contributed by atoms with van der Waals surface area (Å²) in [5.74, 6) is -0.411. The molecule has 19 heavy (non-hydrogen) atoms. The van der Waals surface area contributed by atoms with Gasteiger partial charge in [-0.15, -0.1) is 0 Å². The van der Waals surface area contributed by atoms with Gasteiger partial charge in [0.25, 0.3) is 11.6 Å². The Balaban J connectivity index is 3.11. The number of halogens is 2. The fourth-order valence-corrected chi connectivity index (χ4v) is 1.83. The summed E-state index contributed by atoms with van der Waals surface area (Å²) in [6, 6.07) is 2.25. The molecular formula is C11H13Cl2N3O3. The lowest BCUT2D eigenvalue weighted by Crippen LogP contribution is -2.33. The molecule has 0 heterocycles. The highest BCUT2D eigenvalue weighted by atomic mass is 35.5. The van der Waals surface area contributed by atoms with Gasteiger partial charge in [0.15, 0.2) is 0 Å². The molecule has 1 amide bonds. The first-order valence-electron chi connectivity index (χ1n) is 5.42. The number of nitro benzene ring substituents is 1. The number of non-ortho nitro benzene ring substituents is 1. The minimum absolute atomic E-state index is 0.0127. The summed E-state index contributed by atoms with van der Waals surface area (Å²) >= 11 is 11.7. The van der Waals surface area contributed by atoms with E-state index in [1.54, 1.807) is 14.1 Å². The van der Waals surface area contributed by atoms with Crippen LogP contribution in [-0.2, 0) is 0 Å². The van der Waals surface area contributed by atoms with E-state index in [9.17, 15) is 14.9 Å². The van der Waals surface area contributed by atoms with E-state index in [2.05, 4.69) is 5.32 Å². The summed E-state index contributed by atoms with van der Waals surface area (Å²) in [5.41, 5.74) is -0.237. The van der Waals surface area contributed by atoms with Gasteiger partial charge >= 0.3 is 0 Å². The molecule has 1 N–H and O–H groups in total. The van der Waals surface area contributed by atoms with E-state index < -0.39 is 10.8 Å². The van der Waals surface area contributed by atoms with Crippen molar-refractivity contribution in [2.45, 2.75) is 0 Å². The van der Waals surface area contributed by atoms with Crippen LogP contribution in [-0.4, -0.2) is 42.9 Å². The van der Waals surface area contributed by atoms with Crippen LogP contribution in [0.1, 0.15) is 10.4 Å². The first-order valence-corrected chi connectivity index (χ1v) is 6.17. The van der Waals surface area contributed by atoms with Crippen LogP contribution in [0, 0.1) is 10.1 Å². The molecule has 0 aliphatic heterocycles. The van der Waals surface area contributed by atoms with Crippen molar-refractivity contribution in [1.82, 2.24) is 10.2 Å². The Bertz CT molecular complexity index is 508. The molecule has 0 aliphatic rings. The summed E-state index contributed by atoms with van der Waals surface area (Å²) in [4.78, 5) is 23.7. The van der Waals surface area contributed by atoms with Crippen LogP contribution in [0.25, 0.3) is 0 Å². The molecule has 1 aromatic carbocycles. The number of hydrogen-bond donors (Lipinski definition) is 1. The second-order valence-corrected chi connectivity index (χ2v) is 4.66. The Hall–Kier alpha value is -1.37. The van der Waals surface area contributed by atoms with Crippen LogP contribution in [0.2, 0.25) is 10.0 Å². The lowest BCUT2D eigenvalue weighted by atomic mass is 10.1. The van der Waals surface area contributed by atoms with Gasteiger partial charge < -0.3 is 10.2 Å². The lowest BCUT2D eigenvalue weighted by molar-refractivity contribution is -0.384. The quantitative estimate of drug-likeness (QED) is 0.668. The summed E-state index contributed by atoms with van der Waals surface area (Å²) in [6.07, 6.45) is 0. The number of nitrogens with zero attached hydrogens (tertiary/aromatic N) is 2. The smallest absolute Gasteiger partial charge is 0.271 e. The minimum atomic E-state index is -0.618. The monoisotopic (exact) mass is 305 g/mol. The summed E-state index contributed by atoms with van der Waals surface area (Å²) in [7, 11) is 3.35. The van der Waals surface area contributed by atoms with Gasteiger partial charge in [0.05, 0.1) is 20.5 Å². The lowest BCUT2D eigenvalue weighted by Gasteiger charge is -2.17. The Morgan fingerprint density at radius 3 is 2.63 bits per heavy atom. The zero-order valence-electron chi connectivity index (χ0n) is 10.4. The van der Waals surface area contributed by atoms with Crippen LogP contribution in [0.5, 0.6) is 0 Å². The number of likely N-dealkylation sites (N-methyl/N-ethyl adjacent to an activating group) is 2. The molecule has 1 aromatic rings. The highest BCUT2D eigenvalue weighted by molar-refractivity contribution is 6.44. The van der Waals surface area contributed by atoms with Gasteiger partial charge in [-0.1, -0.05) is 23.2 Å². The van der Waals surface area contributed by atoms with Crippen molar-refractivity contribution in [3.8, 4) is 0 Å². The van der Waals surface area contributed by atoms with Crippen molar-refractivity contribution in [1.29, 1.82) is 0 Å². The Morgan fingerprint density at radius 1 is 1.47 bits per heavy atom. The van der Waals surface area contributed by atoms with Crippen molar-refractivity contribution in [3.63, 3.8) is 0 Å². The molecule has 0 saturated carbocycles. The highest BCUT2D eigenvalue weighted by Gasteiger charge is 2.21. The minimum Gasteiger partial charge on any atom is -0.340 e. The first-order chi connectivity index (χ1) is 8.88. The summed E-state index contributed by atoms with van der Waals surface area (Å²) in [5, 5.41) is 13.7. The van der Waals surface area contributed by atoms with Gasteiger partial charge in [-0.05, 0) is 7.05 Å². The van der Waals surface area contributed by atoms with Crippen LogP contribution in [0.15, 0.2) is 12.1 Å². The first kappa shape index (κ1) is 15.7. The topological polar surface area (TPSA) is 75.5 Å². The fourth-order valence-electron chi connectivity index (χ4n) is 1.42. The zero-order chi connectivity index (χ0) is 14.6. The van der Waals surface area contributed by atoms with Crippen molar-refractivity contribution < 1.29 is 9.72 Å². The van der Waals surface area contributed by atoms with E-state index in [0.717, 1.165) is 12.1 Å². The molecule has 0 radical (unpaired) electrons. The van der Waals surface area contributed by atoms with Gasteiger partial charge in [-0.25, -0.2) is 0 Å². The third-order valence-electron chi connectivity index (χ3n) is 2.50. The number of benzene rings is 1. The van der Waals surface area contributed by atoms with Crippen molar-refractivity contribution >= 4 is 34.8 Å². The molecule has 0 unspecified atom stereocenters. The van der Waals surface area contributed by atoms with Crippen LogP contribution in [0.4, 0.5) is 5.69 Å². The second-order valence-electron chi connectivity index (χ2n) is 3.88. The normalized spacial score (nSPS) is 10.3. The molecular weight excluding hydrogens is 293 g/mol. The van der Waals surface area contributed by atoms with Crippen molar-refractivity contribution in [2.75, 3.05) is 27.2 Å². The van der Waals surface area contributed by atoms with Gasteiger partial charge in [0.2, 0.25) is 0 Å². The molecule has 1 rings (SSSR count). The highest BCUT2D eigenvalue weighted by Crippen LogP contribution is 2.31. The van der Waals surface area contributed by atoms with Gasteiger partial charge in [0, 0.05) is 32.3 Å². The van der Waals surface area contributed by atoms with E-state index >= 15 is 0 Å². The molecule has 104 valence electrons. The molecule has 0 aliphatic carbocycles. The van der Waals surface area contributed by atoms with Crippen LogP contribution < -0.4 is 5.32 Å². The number of rotatable bonds is 5. The number of carbonyl (C=O) groups is 1. The summed E-state index contributed by atoms with van der Waals surface area (Å²) < 4.78 is 0. The van der Waals surface area contributed by atoms with E-state index in [1.807, 2.05) is 0 Å². The predicted octanol–water partition coefficient (Wildman–Crippen LogP) is 2.19. The van der Waals surface area contributed by atoms with E-state index in [1.165, 1.54) is 4.90 Å². The standard InChI is InChI=1S/C11H13Cl2N3O3/c1-14-3-4-15(2)11(17)8-5-7(16(18)19)6-9(12)10(8)13/h5-6,14H,3-4H2,1-2H3. The van der Waals surface area contributed by atoms with Crippen molar-refractivity contribution in [3.05, 3.63) is 37.9 Å². The SMILES string of the molecule is CNCCN(C)C(=O)c1cc([N+](=O)[O-])cc(Cl)c1Cl. The van der Waals surface area contributed by atoms with Crippen LogP contribution in [0.3, 0.4) is 0 Å². The molecule has 0 bridgehead atoms. The summed E-state index contributed by atoms with van der Waals surface area (Å²) in [6.45, 7) is 1.05. The van der Waals surface area contributed by atoms with Gasteiger partial charge in [-0.2, -0.15) is 0 Å². The number of nitrogens with one attached hydrogen (secondary N) is 1. The molecule has 0 aromatic heterocycles. The predicted molar refractivity (Wildman–Crippen MR) is 74.0 cm³/mol. The third-order valence-corrected chi connectivity index (χ3v) is 3.30. The average Bonchev–Trinajstić information content (AvgIpc) is 2.37.